The molecule has 1 aromatic rings. The van der Waals surface area contributed by atoms with E-state index in [2.05, 4.69) is 17.0 Å². The second kappa shape index (κ2) is 6.41. The van der Waals surface area contributed by atoms with Gasteiger partial charge in [-0.3, -0.25) is 4.90 Å². The summed E-state index contributed by atoms with van der Waals surface area (Å²) >= 11 is 0. The van der Waals surface area contributed by atoms with Crippen LogP contribution >= 0.6 is 0 Å². The van der Waals surface area contributed by atoms with Gasteiger partial charge >= 0.3 is 6.09 Å². The molecule has 24 heavy (non-hydrogen) atoms. The van der Waals surface area contributed by atoms with E-state index in [9.17, 15) is 4.79 Å². The van der Waals surface area contributed by atoms with E-state index in [-0.39, 0.29) is 17.8 Å². The zero-order chi connectivity index (χ0) is 16.6. The van der Waals surface area contributed by atoms with Crippen molar-refractivity contribution >= 4 is 6.09 Å². The van der Waals surface area contributed by atoms with Crippen molar-refractivity contribution in [2.24, 2.45) is 0 Å². The molecule has 6 heteroatoms. The molecular weight excluding hydrogens is 308 g/mol. The minimum absolute atomic E-state index is 0.130. The zero-order valence-corrected chi connectivity index (χ0v) is 14.3. The number of nitrogens with zero attached hydrogens (tertiary/aromatic N) is 2. The third-order valence-corrected chi connectivity index (χ3v) is 5.47. The Morgan fingerprint density at radius 3 is 2.75 bits per heavy atom. The summed E-state index contributed by atoms with van der Waals surface area (Å²) in [4.78, 5) is 15.7. The molecule has 4 heterocycles. The number of carbonyl (C=O) groups excluding carboxylic acids is 1. The standard InChI is InChI=1S/C18H26N2O4/c1-19-13-18(24-17(19)21)7-9-20(10-8-18)12-14-5-6-16(23-14)15-4-2-3-11-22-15/h5-6,15H,2-4,7-13H2,1H3/t15-/m1/s1. The van der Waals surface area contributed by atoms with Crippen molar-refractivity contribution in [2.45, 2.75) is 50.4 Å². The Morgan fingerprint density at radius 1 is 1.25 bits per heavy atom. The van der Waals surface area contributed by atoms with Crippen LogP contribution in [-0.2, 0) is 16.0 Å². The van der Waals surface area contributed by atoms with Crippen LogP contribution in [0.4, 0.5) is 4.79 Å². The van der Waals surface area contributed by atoms with Crippen molar-refractivity contribution in [3.05, 3.63) is 23.7 Å². The van der Waals surface area contributed by atoms with Crippen LogP contribution in [0.5, 0.6) is 0 Å². The number of carbonyl (C=O) groups is 1. The van der Waals surface area contributed by atoms with Crippen LogP contribution < -0.4 is 0 Å². The quantitative estimate of drug-likeness (QED) is 0.851. The van der Waals surface area contributed by atoms with Gasteiger partial charge in [-0.1, -0.05) is 0 Å². The fraction of sp³-hybridized carbons (Fsp3) is 0.722. The Kier molecular flexibility index (Phi) is 4.26. The molecule has 3 fully saturated rings. The summed E-state index contributed by atoms with van der Waals surface area (Å²) in [5, 5.41) is 0. The Bertz CT molecular complexity index is 586. The number of likely N-dealkylation sites (tertiary alicyclic amines) is 1. The van der Waals surface area contributed by atoms with Crippen molar-refractivity contribution in [3.63, 3.8) is 0 Å². The van der Waals surface area contributed by atoms with Crippen LogP contribution in [0.2, 0.25) is 0 Å². The van der Waals surface area contributed by atoms with E-state index in [4.69, 9.17) is 13.9 Å². The maximum Gasteiger partial charge on any atom is 0.410 e. The van der Waals surface area contributed by atoms with E-state index in [0.717, 1.165) is 63.4 Å². The first-order valence-corrected chi connectivity index (χ1v) is 9.00. The third kappa shape index (κ3) is 3.17. The SMILES string of the molecule is CN1CC2(CCN(Cc3ccc([C@H]4CCCCO4)o3)CC2)OC1=O. The molecular formula is C18H26N2O4. The molecule has 0 unspecified atom stereocenters. The first kappa shape index (κ1) is 16.0. The number of ether oxygens (including phenoxy) is 2. The van der Waals surface area contributed by atoms with Gasteiger partial charge in [0.05, 0.1) is 13.1 Å². The molecule has 0 bridgehead atoms. The van der Waals surface area contributed by atoms with Gasteiger partial charge in [0, 0.05) is 39.6 Å². The highest BCUT2D eigenvalue weighted by Gasteiger charge is 2.45. The van der Waals surface area contributed by atoms with Gasteiger partial charge in [-0.15, -0.1) is 0 Å². The van der Waals surface area contributed by atoms with Crippen LogP contribution in [0.25, 0.3) is 0 Å². The van der Waals surface area contributed by atoms with E-state index in [1.54, 1.807) is 11.9 Å². The lowest BCUT2D eigenvalue weighted by atomic mass is 9.91. The highest BCUT2D eigenvalue weighted by molar-refractivity contribution is 5.70. The summed E-state index contributed by atoms with van der Waals surface area (Å²) in [5.74, 6) is 1.96. The summed E-state index contributed by atoms with van der Waals surface area (Å²) in [6, 6.07) is 4.13. The lowest BCUT2D eigenvalue weighted by Gasteiger charge is -2.36. The average molecular weight is 334 g/mol. The number of rotatable bonds is 3. The van der Waals surface area contributed by atoms with Crippen molar-refractivity contribution in [3.8, 4) is 0 Å². The molecule has 1 aromatic heterocycles. The van der Waals surface area contributed by atoms with Crippen molar-refractivity contribution in [1.82, 2.24) is 9.80 Å². The van der Waals surface area contributed by atoms with Gasteiger partial charge < -0.3 is 18.8 Å². The van der Waals surface area contributed by atoms with Crippen LogP contribution in [0.15, 0.2) is 16.5 Å². The molecule has 1 spiro atoms. The molecule has 3 saturated heterocycles. The van der Waals surface area contributed by atoms with E-state index >= 15 is 0 Å². The fourth-order valence-electron chi connectivity index (χ4n) is 4.01. The van der Waals surface area contributed by atoms with Crippen LogP contribution in [0, 0.1) is 0 Å². The summed E-state index contributed by atoms with van der Waals surface area (Å²) in [7, 11) is 1.81. The lowest BCUT2D eigenvalue weighted by Crippen LogP contribution is -2.46. The van der Waals surface area contributed by atoms with Crippen molar-refractivity contribution < 1.29 is 18.7 Å². The first-order chi connectivity index (χ1) is 11.6. The summed E-state index contributed by atoms with van der Waals surface area (Å²) in [5.41, 5.74) is -0.271. The zero-order valence-electron chi connectivity index (χ0n) is 14.3. The summed E-state index contributed by atoms with van der Waals surface area (Å²) in [6.45, 7) is 4.21. The number of likely N-dealkylation sites (N-methyl/N-ethyl adjacent to an activating group) is 1. The molecule has 0 aromatic carbocycles. The molecule has 0 radical (unpaired) electrons. The van der Waals surface area contributed by atoms with Gasteiger partial charge in [0.15, 0.2) is 0 Å². The van der Waals surface area contributed by atoms with E-state index < -0.39 is 0 Å². The lowest BCUT2D eigenvalue weighted by molar-refractivity contribution is -0.00605. The number of hydrogen-bond acceptors (Lipinski definition) is 5. The predicted octanol–water partition coefficient (Wildman–Crippen LogP) is 2.94. The highest BCUT2D eigenvalue weighted by atomic mass is 16.6. The third-order valence-electron chi connectivity index (χ3n) is 5.47. The minimum Gasteiger partial charge on any atom is -0.462 e. The molecule has 1 amide bonds. The van der Waals surface area contributed by atoms with Crippen molar-refractivity contribution in [2.75, 3.05) is 33.3 Å². The predicted molar refractivity (Wildman–Crippen MR) is 87.6 cm³/mol. The topological polar surface area (TPSA) is 55.1 Å². The smallest absolute Gasteiger partial charge is 0.410 e. The Balaban J connectivity index is 1.31. The maximum atomic E-state index is 11.6. The molecule has 0 saturated carbocycles. The van der Waals surface area contributed by atoms with Gasteiger partial charge in [0.2, 0.25) is 0 Å². The number of amides is 1. The average Bonchev–Trinajstić information content (AvgIpc) is 3.16. The number of hydrogen-bond donors (Lipinski definition) is 0. The summed E-state index contributed by atoms with van der Waals surface area (Å²) in [6.07, 6.45) is 5.14. The van der Waals surface area contributed by atoms with Crippen LogP contribution in [0.3, 0.4) is 0 Å². The monoisotopic (exact) mass is 334 g/mol. The Hall–Kier alpha value is -1.53. The first-order valence-electron chi connectivity index (χ1n) is 9.00. The second-order valence-electron chi connectivity index (χ2n) is 7.34. The molecule has 0 aliphatic carbocycles. The Morgan fingerprint density at radius 2 is 2.08 bits per heavy atom. The van der Waals surface area contributed by atoms with Gasteiger partial charge in [0.25, 0.3) is 0 Å². The number of furan rings is 1. The van der Waals surface area contributed by atoms with Gasteiger partial charge in [-0.25, -0.2) is 4.79 Å². The van der Waals surface area contributed by atoms with Crippen molar-refractivity contribution in [1.29, 1.82) is 0 Å². The van der Waals surface area contributed by atoms with Crippen LogP contribution in [-0.4, -0.2) is 54.8 Å². The van der Waals surface area contributed by atoms with E-state index in [1.165, 1.54) is 6.42 Å². The maximum absolute atomic E-state index is 11.6. The highest BCUT2D eigenvalue weighted by Crippen LogP contribution is 2.34. The molecule has 3 aliphatic rings. The molecule has 3 aliphatic heterocycles. The molecule has 6 nitrogen and oxygen atoms in total. The van der Waals surface area contributed by atoms with E-state index in [1.807, 2.05) is 0 Å². The molecule has 4 rings (SSSR count). The van der Waals surface area contributed by atoms with Crippen LogP contribution in [0.1, 0.15) is 49.7 Å². The molecule has 0 N–H and O–H groups in total. The van der Waals surface area contributed by atoms with E-state index in [0.29, 0.717) is 6.54 Å². The normalized spacial score (nSPS) is 27.6. The fourth-order valence-corrected chi connectivity index (χ4v) is 4.01. The second-order valence-corrected chi connectivity index (χ2v) is 7.34. The molecule has 132 valence electrons. The Labute approximate surface area is 142 Å². The summed E-state index contributed by atoms with van der Waals surface area (Å²) < 4.78 is 17.4. The number of piperidine rings is 1. The van der Waals surface area contributed by atoms with Gasteiger partial charge in [-0.05, 0) is 31.4 Å². The van der Waals surface area contributed by atoms with Gasteiger partial charge in [0.1, 0.15) is 23.2 Å². The van der Waals surface area contributed by atoms with Gasteiger partial charge in [-0.2, -0.15) is 0 Å². The minimum atomic E-state index is -0.271. The molecule has 1 atom stereocenters. The largest absolute Gasteiger partial charge is 0.462 e.